The largest absolute Gasteiger partial charge is 0.0683 e. The van der Waals surface area contributed by atoms with Crippen molar-refractivity contribution in [3.05, 3.63) is 279 Å². The first kappa shape index (κ1) is 163. The molecule has 0 spiro atoms. The monoisotopic (exact) mass is 2010 g/mol. The lowest BCUT2D eigenvalue weighted by Crippen LogP contribution is -2.20. The summed E-state index contributed by atoms with van der Waals surface area (Å²) in [5.74, 6) is 4.59. The molecule has 0 unspecified atom stereocenters. The molecule has 0 amide bonds. The lowest BCUT2D eigenvalue weighted by molar-refractivity contribution is 0.196. The minimum atomic E-state index is 1.14. The number of hydrogen-bond acceptors (Lipinski definition) is 0. The van der Waals surface area contributed by atoms with Crippen LogP contribution in [0, 0.1) is 23.7 Å². The molecule has 13 aromatic rings. The third-order valence-corrected chi connectivity index (χ3v) is 22.7. The lowest BCUT2D eigenvalue weighted by atomic mass is 9.73. The highest BCUT2D eigenvalue weighted by atomic mass is 14.3. The molecule has 21 rings (SSSR count). The first-order valence-electron chi connectivity index (χ1n) is 63.2. The maximum Gasteiger partial charge on any atom is -0.00264 e. The van der Waals surface area contributed by atoms with Crippen molar-refractivity contribution in [2.45, 2.75) is 536 Å². The molecule has 0 N–H and O–H groups in total. The molecule has 0 aliphatic heterocycles. The standard InChI is InChI=1S/C20H12.C14H10.C12H22.C12H10.C10H8.C10H18.C6H12.C6H6.C5H10.C4H8.C3H6.22C2H6/c1-5-13-6-2-11-17-18-12-4-8-14-7-3-10-16(20(14)18)15(9-1)19(13)17;1-2-6-12-10-14-8-4-3-7-13(14)9-11(12)5-1;2*1-3-7-11(8-4-1)12-9-5-2-6-10-12;1-2-6-10-8-4-3-7-9(10)5-1;1-2-6-9(5-1)10-7-3-4-8-10;2*1-2-4-6-5-3-1;1-2-4-5-3-1;1-2-4-3-1;1-2-3-1;22*1-2/h1-12H;1-10H;11-12H,1-10H2;1-10H;1-8H;9-10H,1-8H2;1-6H2;1-6H;1-5H2;1-4H2;1-3H2;22*1-2H3. The van der Waals surface area contributed by atoms with Crippen molar-refractivity contribution < 1.29 is 0 Å². The summed E-state index contributed by atoms with van der Waals surface area (Å²) >= 11 is 0. The van der Waals surface area contributed by atoms with E-state index in [1.807, 2.05) is 353 Å². The minimum Gasteiger partial charge on any atom is -0.0683 e. The Balaban J connectivity index is -0.000000133. The van der Waals surface area contributed by atoms with Gasteiger partial charge in [-0.15, -0.1) is 0 Å². The highest BCUT2D eigenvalue weighted by molar-refractivity contribution is 6.32. The number of hydrogen-bond donors (Lipinski definition) is 0. The van der Waals surface area contributed by atoms with Gasteiger partial charge in [0.2, 0.25) is 0 Å². The van der Waals surface area contributed by atoms with E-state index < -0.39 is 0 Å². The summed E-state index contributed by atoms with van der Waals surface area (Å²) in [5, 5.41) is 18.7. The van der Waals surface area contributed by atoms with Gasteiger partial charge in [0.05, 0.1) is 0 Å². The first-order chi connectivity index (χ1) is 72.7. The van der Waals surface area contributed by atoms with Gasteiger partial charge in [-0.05, 0) is 122 Å². The number of rotatable bonds is 3. The van der Waals surface area contributed by atoms with E-state index in [0.717, 1.165) is 23.7 Å². The Kier molecular flexibility index (Phi) is 158. The molecule has 0 heterocycles. The zero-order valence-electron chi connectivity index (χ0n) is 106. The summed E-state index contributed by atoms with van der Waals surface area (Å²) in [4.78, 5) is 0. The molecule has 13 aromatic carbocycles. The van der Waals surface area contributed by atoms with Crippen LogP contribution in [0.3, 0.4) is 0 Å². The van der Waals surface area contributed by atoms with Crippen molar-refractivity contribution in [3.8, 4) is 11.1 Å². The van der Waals surface area contributed by atoms with Crippen LogP contribution < -0.4 is 0 Å². The molecule has 0 nitrogen and oxygen atoms in total. The summed E-state index contributed by atoms with van der Waals surface area (Å²) in [6.07, 6.45) is 54.7. The molecule has 8 aliphatic rings. The van der Waals surface area contributed by atoms with Gasteiger partial charge in [0.25, 0.3) is 0 Å². The van der Waals surface area contributed by atoms with Gasteiger partial charge in [-0.25, -0.2) is 0 Å². The van der Waals surface area contributed by atoms with Crippen LogP contribution in [-0.4, -0.2) is 0 Å². The van der Waals surface area contributed by atoms with E-state index in [4.69, 9.17) is 0 Å². The van der Waals surface area contributed by atoms with Crippen molar-refractivity contribution in [1.29, 1.82) is 0 Å². The average molecular weight is 2010 g/mol. The van der Waals surface area contributed by atoms with Gasteiger partial charge in [-0.2, -0.15) is 0 Å². The van der Waals surface area contributed by atoms with Crippen LogP contribution in [0.4, 0.5) is 0 Å². The zero-order chi connectivity index (χ0) is 114. The summed E-state index contributed by atoms with van der Waals surface area (Å²) < 4.78 is 0. The van der Waals surface area contributed by atoms with Gasteiger partial charge >= 0.3 is 0 Å². The third kappa shape index (κ3) is 80.0. The lowest BCUT2D eigenvalue weighted by Gasteiger charge is -2.32. The molecule has 8 saturated carbocycles. The minimum absolute atomic E-state index is 1.14. The summed E-state index contributed by atoms with van der Waals surface area (Å²) in [6, 6.07) is 97.4. The molecule has 8 aliphatic carbocycles. The van der Waals surface area contributed by atoms with E-state index in [1.54, 1.807) is 51.4 Å². The second kappa shape index (κ2) is 141. The van der Waals surface area contributed by atoms with Crippen molar-refractivity contribution in [2.24, 2.45) is 23.7 Å². The molecular formula is C146H254. The predicted molar refractivity (Wildman–Crippen MR) is 701 cm³/mol. The van der Waals surface area contributed by atoms with E-state index in [2.05, 4.69) is 231 Å². The molecule has 0 radical (unpaired) electrons. The molecule has 0 aromatic heterocycles. The highest BCUT2D eigenvalue weighted by Gasteiger charge is 2.27. The molecule has 0 heteroatoms. The van der Waals surface area contributed by atoms with Crippen LogP contribution in [0.2, 0.25) is 0 Å². The van der Waals surface area contributed by atoms with Gasteiger partial charge in [0.15, 0.2) is 0 Å². The smallest absolute Gasteiger partial charge is 0.00264 e. The topological polar surface area (TPSA) is 0 Å². The van der Waals surface area contributed by atoms with Crippen LogP contribution in [0.25, 0.3) is 86.5 Å². The number of benzene rings is 13. The first-order valence-corrected chi connectivity index (χ1v) is 63.2. The van der Waals surface area contributed by atoms with Crippen molar-refractivity contribution in [3.63, 3.8) is 0 Å². The van der Waals surface area contributed by atoms with E-state index in [9.17, 15) is 0 Å². The van der Waals surface area contributed by atoms with Crippen molar-refractivity contribution in [1.82, 2.24) is 0 Å². The Hall–Kier alpha value is -8.06. The van der Waals surface area contributed by atoms with E-state index in [0.29, 0.717) is 0 Å². The van der Waals surface area contributed by atoms with E-state index in [1.165, 1.54) is 266 Å². The quantitative estimate of drug-likeness (QED) is 0.122. The normalized spacial score (nSPS) is 12.8. The highest BCUT2D eigenvalue weighted by Crippen LogP contribution is 2.42. The Labute approximate surface area is 918 Å². The van der Waals surface area contributed by atoms with Gasteiger partial charge < -0.3 is 0 Å². The summed E-state index contributed by atoms with van der Waals surface area (Å²) in [6.45, 7) is 88.0. The van der Waals surface area contributed by atoms with Gasteiger partial charge in [0.1, 0.15) is 0 Å². The van der Waals surface area contributed by atoms with Crippen LogP contribution >= 0.6 is 0 Å². The maximum atomic E-state index is 2.25. The molecule has 0 bridgehead atoms. The maximum absolute atomic E-state index is 2.25. The van der Waals surface area contributed by atoms with Crippen LogP contribution in [0.5, 0.6) is 0 Å². The SMILES string of the molecule is C1CC1.C1CCC(C2CCCC2)C1.C1CCC(C2CCCCC2)CC1.C1CCC1.C1CCCC1.C1CCCCC1.CC.CC.CC.CC.CC.CC.CC.CC.CC.CC.CC.CC.CC.CC.CC.CC.CC.CC.CC.CC.CC.CC.c1cc2cccc3c4cccc5cccc(c(c1)c23)c54.c1ccc(-c2ccccc2)cc1.c1ccc2cc3ccccc3cc2c1.c1ccc2ccccc2c1.c1ccccc1. The Morgan fingerprint density at radius 2 is 0.226 bits per heavy atom. The predicted octanol–water partition coefficient (Wildman–Crippen LogP) is 54.7. The number of fused-ring (bicyclic) bond motifs is 5. The van der Waals surface area contributed by atoms with Gasteiger partial charge in [-0.1, -0.05) is 803 Å². The molecule has 146 heavy (non-hydrogen) atoms. The Morgan fingerprint density at radius 1 is 0.110 bits per heavy atom. The fraction of sp³-hybridized carbons (Fsp3) is 0.575. The Bertz CT molecular complexity index is 3850. The fourth-order valence-corrected chi connectivity index (χ4v) is 16.5. The van der Waals surface area contributed by atoms with Crippen molar-refractivity contribution >= 4 is 75.4 Å². The van der Waals surface area contributed by atoms with Gasteiger partial charge in [-0.3, -0.25) is 0 Å². The Morgan fingerprint density at radius 3 is 0.384 bits per heavy atom. The summed E-state index contributed by atoms with van der Waals surface area (Å²) in [7, 11) is 0. The van der Waals surface area contributed by atoms with E-state index in [-0.39, 0.29) is 0 Å². The zero-order valence-corrected chi connectivity index (χ0v) is 106. The van der Waals surface area contributed by atoms with Crippen molar-refractivity contribution in [2.75, 3.05) is 0 Å². The van der Waals surface area contributed by atoms with E-state index >= 15 is 0 Å². The van der Waals surface area contributed by atoms with Gasteiger partial charge in [0, 0.05) is 0 Å². The second-order valence-corrected chi connectivity index (χ2v) is 30.4. The molecule has 8 fully saturated rings. The van der Waals surface area contributed by atoms with Crippen LogP contribution in [0.1, 0.15) is 536 Å². The summed E-state index contributed by atoms with van der Waals surface area (Å²) in [5.41, 5.74) is 2.55. The molecule has 0 saturated heterocycles. The average Bonchev–Trinajstić information content (AvgIpc) is 1.17. The third-order valence-electron chi connectivity index (χ3n) is 22.7. The molecule has 0 atom stereocenters. The fourth-order valence-electron chi connectivity index (χ4n) is 16.5. The second-order valence-electron chi connectivity index (χ2n) is 30.4. The van der Waals surface area contributed by atoms with Crippen LogP contribution in [0.15, 0.2) is 279 Å². The van der Waals surface area contributed by atoms with Crippen LogP contribution in [-0.2, 0) is 0 Å². The molecular weight excluding hydrogens is 1750 g/mol. The molecule has 838 valence electrons.